The third-order valence-corrected chi connectivity index (χ3v) is 3.05. The smallest absolute Gasteiger partial charge is 0.322 e. The molecule has 0 saturated carbocycles. The second-order valence-electron chi connectivity index (χ2n) is 4.63. The van der Waals surface area contributed by atoms with Crippen molar-refractivity contribution < 1.29 is 18.1 Å². The Balaban J connectivity index is 1.94. The van der Waals surface area contributed by atoms with Gasteiger partial charge in [0.25, 0.3) is 5.91 Å². The van der Waals surface area contributed by atoms with Crippen LogP contribution in [-0.4, -0.2) is 40.0 Å². The lowest BCUT2D eigenvalue weighted by molar-refractivity contribution is -0.156. The molecule has 5 nitrogen and oxygen atoms in total. The van der Waals surface area contributed by atoms with Crippen LogP contribution < -0.4 is 0 Å². The van der Waals surface area contributed by atoms with Gasteiger partial charge in [-0.05, 0) is 19.8 Å². The summed E-state index contributed by atoms with van der Waals surface area (Å²) in [6.07, 6.45) is 1.15. The van der Waals surface area contributed by atoms with Crippen LogP contribution in [0.4, 0.5) is 8.78 Å². The molecule has 0 N–H and O–H groups in total. The Morgan fingerprint density at radius 1 is 1.44 bits per heavy atom. The highest BCUT2D eigenvalue weighted by atomic mass is 19.3. The minimum absolute atomic E-state index is 0.0562. The maximum absolute atomic E-state index is 12.9. The first-order valence-electron chi connectivity index (χ1n) is 5.85. The highest BCUT2D eigenvalue weighted by Gasteiger charge is 2.38. The number of halogens is 2. The number of hydrogen-bond acceptors (Lipinski definition) is 4. The van der Waals surface area contributed by atoms with Crippen molar-refractivity contribution in [1.82, 2.24) is 15.0 Å². The number of carbonyl (C=O) groups is 1. The average Bonchev–Trinajstić information content (AvgIpc) is 2.74. The molecule has 0 aliphatic carbocycles. The zero-order chi connectivity index (χ0) is 13.3. The average molecular weight is 259 g/mol. The molecular weight excluding hydrogens is 244 g/mol. The molecule has 18 heavy (non-hydrogen) atoms. The van der Waals surface area contributed by atoms with E-state index in [2.05, 4.69) is 10.1 Å². The van der Waals surface area contributed by atoms with E-state index in [1.54, 1.807) is 6.92 Å². The first-order valence-corrected chi connectivity index (χ1v) is 5.85. The molecule has 1 amide bonds. The maximum Gasteiger partial charge on any atom is 0.322 e. The number of likely N-dealkylation sites (tertiary alicyclic amines) is 1. The Labute approximate surface area is 103 Å². The van der Waals surface area contributed by atoms with Crippen LogP contribution in [0.3, 0.4) is 0 Å². The molecule has 0 radical (unpaired) electrons. The number of hydrogen-bond donors (Lipinski definition) is 0. The van der Waals surface area contributed by atoms with Gasteiger partial charge in [0, 0.05) is 25.9 Å². The molecule has 2 rings (SSSR count). The van der Waals surface area contributed by atoms with E-state index < -0.39 is 11.8 Å². The maximum atomic E-state index is 12.9. The van der Waals surface area contributed by atoms with Crippen LogP contribution in [0.5, 0.6) is 0 Å². The zero-order valence-corrected chi connectivity index (χ0v) is 10.3. The molecule has 7 heteroatoms. The molecule has 0 atom stereocenters. The number of piperidine rings is 1. The van der Waals surface area contributed by atoms with Gasteiger partial charge < -0.3 is 9.42 Å². The van der Waals surface area contributed by atoms with Crippen molar-refractivity contribution in [2.45, 2.75) is 38.5 Å². The van der Waals surface area contributed by atoms with Crippen LogP contribution in [0.1, 0.15) is 37.4 Å². The van der Waals surface area contributed by atoms with E-state index >= 15 is 0 Å². The summed E-state index contributed by atoms with van der Waals surface area (Å²) in [6, 6.07) is 0. The fourth-order valence-corrected chi connectivity index (χ4v) is 2.09. The van der Waals surface area contributed by atoms with E-state index in [1.807, 2.05) is 0 Å². The Kier molecular flexibility index (Phi) is 3.32. The predicted octanol–water partition coefficient (Wildman–Crippen LogP) is 1.74. The summed E-state index contributed by atoms with van der Waals surface area (Å²) < 4.78 is 30.8. The highest BCUT2D eigenvalue weighted by Crippen LogP contribution is 2.28. The van der Waals surface area contributed by atoms with Gasteiger partial charge >= 0.3 is 5.92 Å². The van der Waals surface area contributed by atoms with Gasteiger partial charge in [-0.25, -0.2) is 0 Å². The molecular formula is C11H15F2N3O2. The Hall–Kier alpha value is -1.53. The standard InChI is InChI=1S/C11H15F2N3O2/c1-7-14-9(18-15-7)8-3-5-16(6-4-8)10(17)11(2,12)13/h8H,3-6H2,1-2H3. The molecule has 1 aromatic rings. The van der Waals surface area contributed by atoms with E-state index in [0.717, 1.165) is 0 Å². The fraction of sp³-hybridized carbons (Fsp3) is 0.727. The second-order valence-corrected chi connectivity index (χ2v) is 4.63. The van der Waals surface area contributed by atoms with Crippen molar-refractivity contribution in [3.8, 4) is 0 Å². The topological polar surface area (TPSA) is 59.2 Å². The largest absolute Gasteiger partial charge is 0.339 e. The van der Waals surface area contributed by atoms with Crippen molar-refractivity contribution in [3.63, 3.8) is 0 Å². The van der Waals surface area contributed by atoms with E-state index in [0.29, 0.717) is 44.6 Å². The van der Waals surface area contributed by atoms with Gasteiger partial charge in [0.05, 0.1) is 0 Å². The first-order chi connectivity index (χ1) is 8.38. The molecule has 1 fully saturated rings. The number of alkyl halides is 2. The summed E-state index contributed by atoms with van der Waals surface area (Å²) in [5.41, 5.74) is 0. The zero-order valence-electron chi connectivity index (χ0n) is 10.3. The van der Waals surface area contributed by atoms with Gasteiger partial charge in [-0.1, -0.05) is 5.16 Å². The summed E-state index contributed by atoms with van der Waals surface area (Å²) in [5.74, 6) is -3.26. The molecule has 1 aliphatic heterocycles. The van der Waals surface area contributed by atoms with Crippen LogP contribution >= 0.6 is 0 Å². The Morgan fingerprint density at radius 2 is 2.06 bits per heavy atom. The van der Waals surface area contributed by atoms with Crippen LogP contribution in [0.2, 0.25) is 0 Å². The van der Waals surface area contributed by atoms with Crippen LogP contribution in [-0.2, 0) is 4.79 Å². The number of amides is 1. The third kappa shape index (κ3) is 2.65. The predicted molar refractivity (Wildman–Crippen MR) is 58.2 cm³/mol. The van der Waals surface area contributed by atoms with Crippen LogP contribution in [0.25, 0.3) is 0 Å². The number of carbonyl (C=O) groups excluding carboxylic acids is 1. The Morgan fingerprint density at radius 3 is 2.50 bits per heavy atom. The number of nitrogens with zero attached hydrogens (tertiary/aromatic N) is 3. The van der Waals surface area contributed by atoms with Gasteiger partial charge in [0.15, 0.2) is 5.82 Å². The van der Waals surface area contributed by atoms with Crippen LogP contribution in [0.15, 0.2) is 4.52 Å². The summed E-state index contributed by atoms with van der Waals surface area (Å²) >= 11 is 0. The van der Waals surface area contributed by atoms with Gasteiger partial charge in [-0.3, -0.25) is 4.79 Å². The molecule has 0 aromatic carbocycles. The van der Waals surface area contributed by atoms with E-state index in [4.69, 9.17) is 4.52 Å². The lowest BCUT2D eigenvalue weighted by Crippen LogP contribution is -2.45. The van der Waals surface area contributed by atoms with Gasteiger partial charge in [-0.15, -0.1) is 0 Å². The first kappa shape index (κ1) is 12.9. The van der Waals surface area contributed by atoms with Crippen LogP contribution in [0, 0.1) is 6.92 Å². The van der Waals surface area contributed by atoms with Gasteiger partial charge in [0.1, 0.15) is 0 Å². The van der Waals surface area contributed by atoms with Crippen molar-refractivity contribution in [3.05, 3.63) is 11.7 Å². The number of aromatic nitrogens is 2. The van der Waals surface area contributed by atoms with Gasteiger partial charge in [-0.2, -0.15) is 13.8 Å². The Bertz CT molecular complexity index is 434. The molecule has 1 aliphatic rings. The van der Waals surface area contributed by atoms with E-state index in [9.17, 15) is 13.6 Å². The summed E-state index contributed by atoms with van der Waals surface area (Å²) in [7, 11) is 0. The SMILES string of the molecule is Cc1noc(C2CCN(C(=O)C(C)(F)F)CC2)n1. The molecule has 0 unspecified atom stereocenters. The molecule has 0 bridgehead atoms. The summed E-state index contributed by atoms with van der Waals surface area (Å²) in [6.45, 7) is 2.95. The van der Waals surface area contributed by atoms with E-state index in [1.165, 1.54) is 4.90 Å². The quantitative estimate of drug-likeness (QED) is 0.811. The van der Waals surface area contributed by atoms with Crippen molar-refractivity contribution in [1.29, 1.82) is 0 Å². The summed E-state index contributed by atoms with van der Waals surface area (Å²) in [5, 5.41) is 3.70. The molecule has 0 spiro atoms. The van der Waals surface area contributed by atoms with Crippen molar-refractivity contribution in [2.75, 3.05) is 13.1 Å². The minimum atomic E-state index is -3.30. The van der Waals surface area contributed by atoms with E-state index in [-0.39, 0.29) is 5.92 Å². The summed E-state index contributed by atoms with van der Waals surface area (Å²) in [4.78, 5) is 16.7. The normalized spacial score (nSPS) is 18.1. The number of rotatable bonds is 2. The number of aryl methyl sites for hydroxylation is 1. The third-order valence-electron chi connectivity index (χ3n) is 3.05. The monoisotopic (exact) mass is 259 g/mol. The highest BCUT2D eigenvalue weighted by molar-refractivity contribution is 5.83. The molecule has 1 saturated heterocycles. The second kappa shape index (κ2) is 4.62. The minimum Gasteiger partial charge on any atom is -0.339 e. The van der Waals surface area contributed by atoms with Crippen molar-refractivity contribution >= 4 is 5.91 Å². The lowest BCUT2D eigenvalue weighted by Gasteiger charge is -2.31. The molecule has 1 aromatic heterocycles. The lowest BCUT2D eigenvalue weighted by atomic mass is 9.96. The van der Waals surface area contributed by atoms with Gasteiger partial charge in [0.2, 0.25) is 5.89 Å². The molecule has 2 heterocycles. The molecule has 100 valence electrons. The van der Waals surface area contributed by atoms with Crippen molar-refractivity contribution in [2.24, 2.45) is 0 Å². The fourth-order valence-electron chi connectivity index (χ4n) is 2.09.